The topological polar surface area (TPSA) is 56.3 Å². The van der Waals surface area contributed by atoms with E-state index in [0.29, 0.717) is 6.54 Å². The molecule has 0 aliphatic rings. The molecule has 0 aliphatic heterocycles. The summed E-state index contributed by atoms with van der Waals surface area (Å²) in [6.45, 7) is 4.50. The number of nitrogens with zero attached hydrogens (tertiary/aromatic N) is 2. The number of aryl methyl sites for hydroxylation is 2. The number of aromatic nitrogens is 2. The van der Waals surface area contributed by atoms with Gasteiger partial charge in [0.05, 0.1) is 31.8 Å². The molecule has 0 amide bonds. The third kappa shape index (κ3) is 3.17. The Kier molecular flexibility index (Phi) is 4.40. The fourth-order valence-corrected chi connectivity index (χ4v) is 1.81. The van der Waals surface area contributed by atoms with Gasteiger partial charge in [0.15, 0.2) is 0 Å². The van der Waals surface area contributed by atoms with E-state index in [4.69, 9.17) is 9.47 Å². The molecular weight excluding hydrogens is 254 g/mol. The van der Waals surface area contributed by atoms with Crippen molar-refractivity contribution in [3.63, 3.8) is 0 Å². The molecule has 5 nitrogen and oxygen atoms in total. The maximum Gasteiger partial charge on any atom is 0.145 e. The maximum absolute atomic E-state index is 5.36. The zero-order chi connectivity index (χ0) is 14.5. The fraction of sp³-hybridized carbons (Fsp3) is 0.333. The Morgan fingerprint density at radius 1 is 1.10 bits per heavy atom. The summed E-state index contributed by atoms with van der Waals surface area (Å²) < 4.78 is 10.5. The first kappa shape index (κ1) is 14.1. The van der Waals surface area contributed by atoms with Gasteiger partial charge in [0, 0.05) is 18.2 Å². The summed E-state index contributed by atoms with van der Waals surface area (Å²) in [5.74, 6) is 2.32. The Bertz CT molecular complexity index is 600. The average Bonchev–Trinajstić information content (AvgIpc) is 2.48. The highest BCUT2D eigenvalue weighted by molar-refractivity contribution is 5.43. The number of benzene rings is 1. The van der Waals surface area contributed by atoms with Gasteiger partial charge < -0.3 is 14.8 Å². The highest BCUT2D eigenvalue weighted by Gasteiger charge is 2.06. The van der Waals surface area contributed by atoms with Gasteiger partial charge in [-0.25, -0.2) is 4.98 Å². The summed E-state index contributed by atoms with van der Waals surface area (Å²) >= 11 is 0. The van der Waals surface area contributed by atoms with E-state index in [2.05, 4.69) is 15.3 Å². The largest absolute Gasteiger partial charge is 0.497 e. The molecule has 0 unspecified atom stereocenters. The Labute approximate surface area is 119 Å². The van der Waals surface area contributed by atoms with Crippen LogP contribution in [0.25, 0.3) is 0 Å². The van der Waals surface area contributed by atoms with E-state index in [0.717, 1.165) is 34.3 Å². The smallest absolute Gasteiger partial charge is 0.145 e. The zero-order valence-electron chi connectivity index (χ0n) is 12.2. The second-order valence-electron chi connectivity index (χ2n) is 4.46. The molecule has 1 heterocycles. The first-order valence-corrected chi connectivity index (χ1v) is 6.39. The molecule has 0 radical (unpaired) electrons. The summed E-state index contributed by atoms with van der Waals surface area (Å²) in [6.07, 6.45) is 1.73. The third-order valence-corrected chi connectivity index (χ3v) is 3.15. The van der Waals surface area contributed by atoms with Gasteiger partial charge in [0.25, 0.3) is 0 Å². The molecule has 106 valence electrons. The second-order valence-corrected chi connectivity index (χ2v) is 4.46. The molecular formula is C15H19N3O2. The van der Waals surface area contributed by atoms with Crippen molar-refractivity contribution in [1.29, 1.82) is 0 Å². The van der Waals surface area contributed by atoms with E-state index in [1.54, 1.807) is 20.4 Å². The molecule has 0 aliphatic carbocycles. The van der Waals surface area contributed by atoms with Gasteiger partial charge in [-0.05, 0) is 26.0 Å². The third-order valence-electron chi connectivity index (χ3n) is 3.15. The quantitative estimate of drug-likeness (QED) is 0.907. The minimum Gasteiger partial charge on any atom is -0.497 e. The van der Waals surface area contributed by atoms with Gasteiger partial charge in [-0.15, -0.1) is 0 Å². The van der Waals surface area contributed by atoms with Crippen LogP contribution in [0.3, 0.4) is 0 Å². The monoisotopic (exact) mass is 273 g/mol. The zero-order valence-corrected chi connectivity index (χ0v) is 12.2. The molecule has 5 heteroatoms. The molecule has 2 aromatic rings. The molecule has 0 saturated heterocycles. The van der Waals surface area contributed by atoms with Crippen LogP contribution >= 0.6 is 0 Å². The first-order valence-electron chi connectivity index (χ1n) is 6.39. The van der Waals surface area contributed by atoms with Gasteiger partial charge in [-0.1, -0.05) is 0 Å². The number of ether oxygens (including phenoxy) is 2. The van der Waals surface area contributed by atoms with E-state index >= 15 is 0 Å². The standard InChI is InChI=1S/C15H19N3O2/c1-10-11(2)18-15(9-16-10)17-8-12-5-6-13(19-3)7-14(12)20-4/h5-7,9H,8H2,1-4H3,(H,17,18). The van der Waals surface area contributed by atoms with Crippen molar-refractivity contribution >= 4 is 5.82 Å². The van der Waals surface area contributed by atoms with Gasteiger partial charge >= 0.3 is 0 Å². The summed E-state index contributed by atoms with van der Waals surface area (Å²) in [6, 6.07) is 5.74. The normalized spacial score (nSPS) is 10.2. The van der Waals surface area contributed by atoms with Crippen molar-refractivity contribution in [3.8, 4) is 11.5 Å². The van der Waals surface area contributed by atoms with Gasteiger partial charge in [-0.2, -0.15) is 0 Å². The lowest BCUT2D eigenvalue weighted by molar-refractivity contribution is 0.391. The van der Waals surface area contributed by atoms with Crippen LogP contribution in [0.15, 0.2) is 24.4 Å². The Morgan fingerprint density at radius 2 is 1.90 bits per heavy atom. The van der Waals surface area contributed by atoms with E-state index < -0.39 is 0 Å². The second kappa shape index (κ2) is 6.23. The molecule has 0 fully saturated rings. The van der Waals surface area contributed by atoms with Gasteiger partial charge in [-0.3, -0.25) is 4.98 Å². The maximum atomic E-state index is 5.36. The number of nitrogens with one attached hydrogen (secondary N) is 1. The minimum absolute atomic E-state index is 0.615. The van der Waals surface area contributed by atoms with Gasteiger partial charge in [0.2, 0.25) is 0 Å². The SMILES string of the molecule is COc1ccc(CNc2cnc(C)c(C)n2)c(OC)c1. The van der Waals surface area contributed by atoms with Crippen LogP contribution in [0, 0.1) is 13.8 Å². The van der Waals surface area contributed by atoms with Crippen molar-refractivity contribution < 1.29 is 9.47 Å². The molecule has 1 aromatic carbocycles. The van der Waals surface area contributed by atoms with Crippen LogP contribution in [0.5, 0.6) is 11.5 Å². The van der Waals surface area contributed by atoms with Crippen LogP contribution in [-0.2, 0) is 6.54 Å². The summed E-state index contributed by atoms with van der Waals surface area (Å²) in [4.78, 5) is 8.72. The lowest BCUT2D eigenvalue weighted by Gasteiger charge is -2.12. The van der Waals surface area contributed by atoms with Crippen molar-refractivity contribution in [2.45, 2.75) is 20.4 Å². The van der Waals surface area contributed by atoms with Crippen LogP contribution < -0.4 is 14.8 Å². The Balaban J connectivity index is 2.12. The fourth-order valence-electron chi connectivity index (χ4n) is 1.81. The Morgan fingerprint density at radius 3 is 2.55 bits per heavy atom. The number of hydrogen-bond donors (Lipinski definition) is 1. The molecule has 20 heavy (non-hydrogen) atoms. The van der Waals surface area contributed by atoms with Crippen molar-refractivity contribution in [1.82, 2.24) is 9.97 Å². The summed E-state index contributed by atoms with van der Waals surface area (Å²) in [7, 11) is 3.28. The van der Waals surface area contributed by atoms with E-state index in [1.165, 1.54) is 0 Å². The van der Waals surface area contributed by atoms with Crippen LogP contribution in [0.2, 0.25) is 0 Å². The van der Waals surface area contributed by atoms with E-state index in [1.807, 2.05) is 32.0 Å². The predicted molar refractivity (Wildman–Crippen MR) is 78.4 cm³/mol. The molecule has 0 spiro atoms. The van der Waals surface area contributed by atoms with Crippen LogP contribution in [0.4, 0.5) is 5.82 Å². The summed E-state index contributed by atoms with van der Waals surface area (Å²) in [5, 5.41) is 3.25. The number of anilines is 1. The molecule has 1 aromatic heterocycles. The molecule has 0 bridgehead atoms. The van der Waals surface area contributed by atoms with Crippen molar-refractivity contribution in [2.75, 3.05) is 19.5 Å². The number of methoxy groups -OCH3 is 2. The van der Waals surface area contributed by atoms with Crippen LogP contribution in [0.1, 0.15) is 17.0 Å². The highest BCUT2D eigenvalue weighted by Crippen LogP contribution is 2.25. The van der Waals surface area contributed by atoms with E-state index in [9.17, 15) is 0 Å². The predicted octanol–water partition coefficient (Wildman–Crippen LogP) is 2.72. The van der Waals surface area contributed by atoms with Crippen molar-refractivity contribution in [3.05, 3.63) is 41.3 Å². The average molecular weight is 273 g/mol. The molecule has 2 rings (SSSR count). The van der Waals surface area contributed by atoms with Gasteiger partial charge in [0.1, 0.15) is 17.3 Å². The number of rotatable bonds is 5. The highest BCUT2D eigenvalue weighted by atomic mass is 16.5. The van der Waals surface area contributed by atoms with Crippen molar-refractivity contribution in [2.24, 2.45) is 0 Å². The number of hydrogen-bond acceptors (Lipinski definition) is 5. The lowest BCUT2D eigenvalue weighted by Crippen LogP contribution is -2.05. The molecule has 1 N–H and O–H groups in total. The minimum atomic E-state index is 0.615. The molecule has 0 atom stereocenters. The van der Waals surface area contributed by atoms with E-state index in [-0.39, 0.29) is 0 Å². The van der Waals surface area contributed by atoms with Crippen LogP contribution in [-0.4, -0.2) is 24.2 Å². The Hall–Kier alpha value is -2.30. The first-order chi connectivity index (χ1) is 9.63. The summed E-state index contributed by atoms with van der Waals surface area (Å²) in [5.41, 5.74) is 2.91. The molecule has 0 saturated carbocycles. The lowest BCUT2D eigenvalue weighted by atomic mass is 10.2.